The van der Waals surface area contributed by atoms with Crippen LogP contribution in [0.25, 0.3) is 10.9 Å². The second-order valence-electron chi connectivity index (χ2n) is 5.20. The fourth-order valence-electron chi connectivity index (χ4n) is 1.84. The van der Waals surface area contributed by atoms with E-state index in [0.29, 0.717) is 5.75 Å². The summed E-state index contributed by atoms with van der Waals surface area (Å²) in [7, 11) is 0. The molecular formula is C15H18N2O2S. The lowest BCUT2D eigenvalue weighted by Crippen LogP contribution is -2.46. The van der Waals surface area contributed by atoms with E-state index in [1.165, 1.54) is 11.8 Å². The van der Waals surface area contributed by atoms with Crippen LogP contribution in [0.2, 0.25) is 0 Å². The Morgan fingerprint density at radius 3 is 2.75 bits per heavy atom. The fraction of sp³-hybridized carbons (Fsp3) is 0.333. The number of nitrogens with zero attached hydrogens (tertiary/aromatic N) is 1. The number of carboxylic acid groups (broad SMARTS) is 1. The van der Waals surface area contributed by atoms with Crippen LogP contribution < -0.4 is 5.73 Å². The van der Waals surface area contributed by atoms with E-state index in [4.69, 9.17) is 10.8 Å². The Hall–Kier alpha value is -1.59. The number of para-hydroxylation sites is 1. The molecule has 0 bridgehead atoms. The van der Waals surface area contributed by atoms with Gasteiger partial charge in [0, 0.05) is 15.9 Å². The number of aromatic nitrogens is 1. The molecule has 0 fully saturated rings. The molecule has 0 aliphatic rings. The molecule has 0 aliphatic carbocycles. The molecule has 5 heteroatoms. The summed E-state index contributed by atoms with van der Waals surface area (Å²) in [5.41, 5.74) is 7.59. The average Bonchev–Trinajstić information content (AvgIpc) is 2.44. The van der Waals surface area contributed by atoms with Gasteiger partial charge in [0.15, 0.2) is 0 Å². The van der Waals surface area contributed by atoms with Gasteiger partial charge >= 0.3 is 5.97 Å². The summed E-state index contributed by atoms with van der Waals surface area (Å²) in [6.07, 6.45) is 0. The van der Waals surface area contributed by atoms with Gasteiger partial charge in [0.1, 0.15) is 6.04 Å². The molecule has 3 N–H and O–H groups in total. The van der Waals surface area contributed by atoms with Gasteiger partial charge in [-0.1, -0.05) is 24.3 Å². The first kappa shape index (κ1) is 14.8. The van der Waals surface area contributed by atoms with Gasteiger partial charge in [-0.25, -0.2) is 0 Å². The van der Waals surface area contributed by atoms with Crippen LogP contribution >= 0.6 is 11.8 Å². The van der Waals surface area contributed by atoms with Gasteiger partial charge in [0.05, 0.1) is 11.2 Å². The van der Waals surface area contributed by atoms with Crippen LogP contribution in [0.4, 0.5) is 0 Å². The molecule has 0 spiro atoms. The number of rotatable bonds is 5. The van der Waals surface area contributed by atoms with Crippen molar-refractivity contribution >= 4 is 28.6 Å². The van der Waals surface area contributed by atoms with E-state index in [2.05, 4.69) is 4.98 Å². The quantitative estimate of drug-likeness (QED) is 0.885. The Balaban J connectivity index is 2.11. The van der Waals surface area contributed by atoms with E-state index in [0.717, 1.165) is 16.6 Å². The van der Waals surface area contributed by atoms with Gasteiger partial charge in [-0.3, -0.25) is 9.78 Å². The van der Waals surface area contributed by atoms with E-state index in [-0.39, 0.29) is 0 Å². The molecule has 0 aliphatic heterocycles. The number of hydrogen-bond donors (Lipinski definition) is 2. The lowest BCUT2D eigenvalue weighted by molar-refractivity contribution is -0.139. The summed E-state index contributed by atoms with van der Waals surface area (Å²) in [5, 5.41) is 10.1. The molecule has 1 aromatic carbocycles. The number of pyridine rings is 1. The number of hydrogen-bond acceptors (Lipinski definition) is 4. The van der Waals surface area contributed by atoms with Crippen LogP contribution in [0.1, 0.15) is 19.5 Å². The highest BCUT2D eigenvalue weighted by atomic mass is 32.2. The molecule has 0 amide bonds. The van der Waals surface area contributed by atoms with Crippen molar-refractivity contribution in [1.82, 2.24) is 4.98 Å². The monoisotopic (exact) mass is 290 g/mol. The molecule has 1 atom stereocenters. The smallest absolute Gasteiger partial charge is 0.321 e. The minimum absolute atomic E-state index is 0.543. The predicted octanol–water partition coefficient (Wildman–Crippen LogP) is 2.66. The van der Waals surface area contributed by atoms with E-state index in [1.54, 1.807) is 0 Å². The second-order valence-corrected chi connectivity index (χ2v) is 6.83. The Morgan fingerprint density at radius 2 is 2.05 bits per heavy atom. The number of fused-ring (bicyclic) bond motifs is 1. The molecule has 0 radical (unpaired) electrons. The molecule has 20 heavy (non-hydrogen) atoms. The summed E-state index contributed by atoms with van der Waals surface area (Å²) in [4.78, 5) is 15.6. The minimum atomic E-state index is -0.978. The average molecular weight is 290 g/mol. The highest BCUT2D eigenvalue weighted by Crippen LogP contribution is 2.30. The minimum Gasteiger partial charge on any atom is -0.480 e. The van der Waals surface area contributed by atoms with Crippen molar-refractivity contribution in [3.05, 3.63) is 42.1 Å². The molecule has 2 rings (SSSR count). The van der Waals surface area contributed by atoms with Crippen molar-refractivity contribution in [2.75, 3.05) is 0 Å². The van der Waals surface area contributed by atoms with Crippen LogP contribution in [-0.4, -0.2) is 26.8 Å². The summed E-state index contributed by atoms with van der Waals surface area (Å²) >= 11 is 1.51. The van der Waals surface area contributed by atoms with Crippen molar-refractivity contribution in [3.8, 4) is 0 Å². The van der Waals surface area contributed by atoms with E-state index in [1.807, 2.05) is 50.2 Å². The van der Waals surface area contributed by atoms with Crippen molar-refractivity contribution in [1.29, 1.82) is 0 Å². The van der Waals surface area contributed by atoms with Gasteiger partial charge < -0.3 is 10.8 Å². The zero-order valence-corrected chi connectivity index (χ0v) is 12.4. The summed E-state index contributed by atoms with van der Waals surface area (Å²) in [6, 6.07) is 11.0. The molecule has 2 aromatic rings. The topological polar surface area (TPSA) is 76.2 Å². The van der Waals surface area contributed by atoms with Crippen LogP contribution in [0.5, 0.6) is 0 Å². The SMILES string of the molecule is CC(C)(SCc1ccc2ccccc2n1)[C@H](N)C(=O)O. The second kappa shape index (κ2) is 5.81. The number of thioether (sulfide) groups is 1. The first-order chi connectivity index (χ1) is 9.40. The fourth-order valence-corrected chi connectivity index (χ4v) is 2.80. The van der Waals surface area contributed by atoms with Gasteiger partial charge in [0.2, 0.25) is 0 Å². The molecular weight excluding hydrogens is 272 g/mol. The lowest BCUT2D eigenvalue weighted by atomic mass is 10.1. The Morgan fingerprint density at radius 1 is 1.35 bits per heavy atom. The normalized spacial score (nSPS) is 13.3. The highest BCUT2D eigenvalue weighted by Gasteiger charge is 2.32. The first-order valence-corrected chi connectivity index (χ1v) is 7.36. The lowest BCUT2D eigenvalue weighted by Gasteiger charge is -2.27. The number of carbonyl (C=O) groups is 1. The molecule has 0 unspecified atom stereocenters. The van der Waals surface area contributed by atoms with Crippen molar-refractivity contribution < 1.29 is 9.90 Å². The van der Waals surface area contributed by atoms with Gasteiger partial charge in [-0.2, -0.15) is 0 Å². The van der Waals surface area contributed by atoms with Crippen molar-refractivity contribution in [3.63, 3.8) is 0 Å². The molecule has 1 aromatic heterocycles. The first-order valence-electron chi connectivity index (χ1n) is 6.37. The standard InChI is InChI=1S/C15H18N2O2S/c1-15(2,13(16)14(18)19)20-9-11-8-7-10-5-3-4-6-12(10)17-11/h3-8,13H,9,16H2,1-2H3,(H,18,19)/t13-/m1/s1. The van der Waals surface area contributed by atoms with Crippen molar-refractivity contribution in [2.45, 2.75) is 30.4 Å². The van der Waals surface area contributed by atoms with Crippen molar-refractivity contribution in [2.24, 2.45) is 5.73 Å². The van der Waals surface area contributed by atoms with E-state index < -0.39 is 16.8 Å². The summed E-state index contributed by atoms with van der Waals surface area (Å²) < 4.78 is -0.543. The zero-order chi connectivity index (χ0) is 14.8. The molecule has 1 heterocycles. The third-order valence-electron chi connectivity index (χ3n) is 3.26. The van der Waals surface area contributed by atoms with Crippen LogP contribution in [0, 0.1) is 0 Å². The van der Waals surface area contributed by atoms with Gasteiger partial charge in [-0.15, -0.1) is 11.8 Å². The van der Waals surface area contributed by atoms with E-state index >= 15 is 0 Å². The molecule has 106 valence electrons. The van der Waals surface area contributed by atoms with Crippen LogP contribution in [0.15, 0.2) is 36.4 Å². The van der Waals surface area contributed by atoms with E-state index in [9.17, 15) is 4.79 Å². The summed E-state index contributed by atoms with van der Waals surface area (Å²) in [6.45, 7) is 3.69. The Labute approximate surface area is 122 Å². The maximum Gasteiger partial charge on any atom is 0.321 e. The van der Waals surface area contributed by atoms with Gasteiger partial charge in [0.25, 0.3) is 0 Å². The molecule has 0 saturated heterocycles. The Kier molecular flexibility index (Phi) is 4.30. The van der Waals surface area contributed by atoms with Crippen LogP contribution in [-0.2, 0) is 10.5 Å². The summed E-state index contributed by atoms with van der Waals surface area (Å²) in [5.74, 6) is -0.340. The third kappa shape index (κ3) is 3.29. The third-order valence-corrected chi connectivity index (χ3v) is 4.70. The number of nitrogens with two attached hydrogens (primary N) is 1. The zero-order valence-electron chi connectivity index (χ0n) is 11.5. The number of carboxylic acids is 1. The maximum absolute atomic E-state index is 11.0. The Bertz CT molecular complexity index is 628. The number of benzene rings is 1. The highest BCUT2D eigenvalue weighted by molar-refractivity contribution is 7.99. The predicted molar refractivity (Wildman–Crippen MR) is 82.7 cm³/mol. The number of aliphatic carboxylic acids is 1. The molecule has 0 saturated carbocycles. The van der Waals surface area contributed by atoms with Gasteiger partial charge in [-0.05, 0) is 26.0 Å². The van der Waals surface area contributed by atoms with Crippen LogP contribution in [0.3, 0.4) is 0 Å². The molecule has 4 nitrogen and oxygen atoms in total. The largest absolute Gasteiger partial charge is 0.480 e. The maximum atomic E-state index is 11.0.